The highest BCUT2D eigenvalue weighted by Gasteiger charge is 2.19. The number of aromatic nitrogens is 3. The lowest BCUT2D eigenvalue weighted by molar-refractivity contribution is 0.242. The maximum absolute atomic E-state index is 13.0. The third kappa shape index (κ3) is 2.93. The summed E-state index contributed by atoms with van der Waals surface area (Å²) in [7, 11) is 2.45. The summed E-state index contributed by atoms with van der Waals surface area (Å²) >= 11 is 6.16. The molecule has 2 aromatic heterocycles. The molecule has 0 radical (unpaired) electrons. The van der Waals surface area contributed by atoms with Crippen LogP contribution < -0.4 is 16.0 Å². The summed E-state index contributed by atoms with van der Waals surface area (Å²) in [5.41, 5.74) is 9.06. The zero-order valence-corrected chi connectivity index (χ0v) is 17.6. The van der Waals surface area contributed by atoms with Crippen LogP contribution >= 0.6 is 21.0 Å². The molecule has 0 saturated heterocycles. The Hall–Kier alpha value is -2.56. The van der Waals surface area contributed by atoms with E-state index < -0.39 is 0 Å². The van der Waals surface area contributed by atoms with Gasteiger partial charge in [-0.05, 0) is 60.0 Å². The van der Waals surface area contributed by atoms with Gasteiger partial charge in [0.2, 0.25) is 0 Å². The molecule has 6 nitrogen and oxygen atoms in total. The first-order valence-corrected chi connectivity index (χ1v) is 9.72. The molecule has 0 aliphatic carbocycles. The number of rotatable bonds is 3. The van der Waals surface area contributed by atoms with Gasteiger partial charge in [-0.3, -0.25) is 9.13 Å². The molecule has 1 atom stereocenters. The number of benzene rings is 2. The number of ether oxygens (including phenoxy) is 1. The molecule has 2 aromatic carbocycles. The van der Waals surface area contributed by atoms with E-state index in [1.807, 2.05) is 45.0 Å². The summed E-state index contributed by atoms with van der Waals surface area (Å²) in [4.78, 5) is 13.0. The summed E-state index contributed by atoms with van der Waals surface area (Å²) in [5.74, 6) is 0.974. The monoisotopic (exact) mass is 414 g/mol. The average molecular weight is 415 g/mol. The van der Waals surface area contributed by atoms with E-state index >= 15 is 0 Å². The largest absolute Gasteiger partial charge is 0.491 e. The van der Waals surface area contributed by atoms with E-state index in [1.165, 1.54) is 4.34 Å². The van der Waals surface area contributed by atoms with Crippen LogP contribution in [0.25, 0.3) is 27.5 Å². The van der Waals surface area contributed by atoms with Crippen LogP contribution in [0.15, 0.2) is 41.2 Å². The minimum Gasteiger partial charge on any atom is -0.491 e. The van der Waals surface area contributed by atoms with Gasteiger partial charge in [0.1, 0.15) is 22.5 Å². The average Bonchev–Trinajstić information content (AvgIpc) is 2.98. The van der Waals surface area contributed by atoms with Crippen LogP contribution in [0.1, 0.15) is 19.4 Å². The Morgan fingerprint density at radius 2 is 1.96 bits per heavy atom. The fourth-order valence-corrected chi connectivity index (χ4v) is 3.82. The number of aryl methyl sites for hydroxylation is 1. The van der Waals surface area contributed by atoms with Crippen molar-refractivity contribution in [2.75, 3.05) is 5.73 Å². The SMILES string of the molecule is Cc1ccc(Cl)cc1-n1nc2c(c1N)c(=O)n(P)c1cc(OC(C)C)ccc21. The number of hydrogen-bond acceptors (Lipinski definition) is 4. The van der Waals surface area contributed by atoms with Crippen molar-refractivity contribution in [1.82, 2.24) is 14.1 Å². The predicted octanol–water partition coefficient (Wildman–Crippen LogP) is 4.31. The Balaban J connectivity index is 2.06. The molecular weight excluding hydrogens is 395 g/mol. The number of nitrogens with two attached hydrogens (primary N) is 1. The molecule has 0 saturated carbocycles. The van der Waals surface area contributed by atoms with Gasteiger partial charge in [0.05, 0.1) is 17.3 Å². The van der Waals surface area contributed by atoms with Crippen molar-refractivity contribution in [2.24, 2.45) is 0 Å². The summed E-state index contributed by atoms with van der Waals surface area (Å²) in [6.07, 6.45) is 0.0338. The Kier molecular flexibility index (Phi) is 4.56. The normalized spacial score (nSPS) is 11.6. The van der Waals surface area contributed by atoms with E-state index in [0.29, 0.717) is 27.2 Å². The highest BCUT2D eigenvalue weighted by atomic mass is 35.5. The van der Waals surface area contributed by atoms with Crippen LogP contribution in [0.2, 0.25) is 5.02 Å². The van der Waals surface area contributed by atoms with Crippen molar-refractivity contribution in [3.63, 3.8) is 0 Å². The minimum atomic E-state index is -0.238. The third-order valence-corrected chi connectivity index (χ3v) is 5.36. The molecule has 144 valence electrons. The molecule has 0 fully saturated rings. The van der Waals surface area contributed by atoms with Crippen molar-refractivity contribution < 1.29 is 4.74 Å². The Labute approximate surface area is 169 Å². The molecule has 1 unspecified atom stereocenters. The summed E-state index contributed by atoms with van der Waals surface area (Å²) in [5, 5.41) is 6.43. The Morgan fingerprint density at radius 1 is 1.21 bits per heavy atom. The first-order chi connectivity index (χ1) is 13.3. The van der Waals surface area contributed by atoms with E-state index in [9.17, 15) is 4.79 Å². The van der Waals surface area contributed by atoms with Gasteiger partial charge in [-0.2, -0.15) is 5.10 Å². The van der Waals surface area contributed by atoms with Crippen LogP contribution in [-0.2, 0) is 0 Å². The molecule has 28 heavy (non-hydrogen) atoms. The van der Waals surface area contributed by atoms with E-state index in [1.54, 1.807) is 16.8 Å². The number of fused-ring (bicyclic) bond motifs is 3. The molecule has 0 amide bonds. The van der Waals surface area contributed by atoms with Gasteiger partial charge in [-0.15, -0.1) is 0 Å². The van der Waals surface area contributed by atoms with E-state index in [-0.39, 0.29) is 17.5 Å². The van der Waals surface area contributed by atoms with Crippen molar-refractivity contribution in [3.05, 3.63) is 57.3 Å². The minimum absolute atomic E-state index is 0.0338. The molecular formula is C20H20ClN4O2P. The molecule has 4 rings (SSSR count). The number of halogens is 1. The highest BCUT2D eigenvalue weighted by Crippen LogP contribution is 2.32. The summed E-state index contributed by atoms with van der Waals surface area (Å²) in [6, 6.07) is 11.1. The van der Waals surface area contributed by atoms with Crippen LogP contribution in [0.5, 0.6) is 5.75 Å². The molecule has 0 aliphatic rings. The molecule has 2 heterocycles. The molecule has 0 spiro atoms. The smallest absolute Gasteiger partial charge is 0.267 e. The zero-order chi connectivity index (χ0) is 20.2. The molecule has 8 heteroatoms. The van der Waals surface area contributed by atoms with Gasteiger partial charge in [-0.25, -0.2) is 4.68 Å². The summed E-state index contributed by atoms with van der Waals surface area (Å²) < 4.78 is 8.84. The van der Waals surface area contributed by atoms with Gasteiger partial charge in [0.15, 0.2) is 0 Å². The second-order valence-electron chi connectivity index (χ2n) is 6.97. The first-order valence-electron chi connectivity index (χ1n) is 8.83. The van der Waals surface area contributed by atoms with Gasteiger partial charge >= 0.3 is 0 Å². The second kappa shape index (κ2) is 6.80. The Morgan fingerprint density at radius 3 is 2.68 bits per heavy atom. The lowest BCUT2D eigenvalue weighted by Gasteiger charge is -2.12. The van der Waals surface area contributed by atoms with Gasteiger partial charge in [-0.1, -0.05) is 17.7 Å². The lowest BCUT2D eigenvalue weighted by atomic mass is 10.1. The molecule has 4 aromatic rings. The number of pyridine rings is 1. The van der Waals surface area contributed by atoms with Gasteiger partial charge < -0.3 is 10.5 Å². The number of anilines is 1. The lowest BCUT2D eigenvalue weighted by Crippen LogP contribution is -2.14. The van der Waals surface area contributed by atoms with E-state index in [2.05, 4.69) is 14.5 Å². The topological polar surface area (TPSA) is 75.1 Å². The van der Waals surface area contributed by atoms with Crippen molar-refractivity contribution in [3.8, 4) is 11.4 Å². The quantitative estimate of drug-likeness (QED) is 0.507. The van der Waals surface area contributed by atoms with Crippen molar-refractivity contribution >= 4 is 48.6 Å². The standard InChI is InChI=1S/C20H20ClN4O2P/c1-10(2)27-13-6-7-14-16(9-13)25(28)20(26)17-18(14)23-24(19(17)22)15-8-12(21)5-4-11(15)3/h4-10H,22,28H2,1-3H3. The van der Waals surface area contributed by atoms with Gasteiger partial charge in [0, 0.05) is 16.5 Å². The van der Waals surface area contributed by atoms with E-state index in [4.69, 9.17) is 22.1 Å². The van der Waals surface area contributed by atoms with Crippen LogP contribution in [0, 0.1) is 6.92 Å². The van der Waals surface area contributed by atoms with Crippen molar-refractivity contribution in [2.45, 2.75) is 26.9 Å². The third-order valence-electron chi connectivity index (χ3n) is 4.61. The van der Waals surface area contributed by atoms with Gasteiger partial charge in [0.25, 0.3) is 5.56 Å². The number of hydrogen-bond donors (Lipinski definition) is 1. The highest BCUT2D eigenvalue weighted by molar-refractivity contribution is 7.14. The van der Waals surface area contributed by atoms with Crippen molar-refractivity contribution in [1.29, 1.82) is 0 Å². The second-order valence-corrected chi connectivity index (χ2v) is 7.93. The predicted molar refractivity (Wildman–Crippen MR) is 118 cm³/mol. The zero-order valence-electron chi connectivity index (χ0n) is 15.7. The molecule has 2 N–H and O–H groups in total. The van der Waals surface area contributed by atoms with Crippen LogP contribution in [0.3, 0.4) is 0 Å². The van der Waals surface area contributed by atoms with E-state index in [0.717, 1.165) is 16.6 Å². The fraction of sp³-hybridized carbons (Fsp3) is 0.200. The van der Waals surface area contributed by atoms with Crippen LogP contribution in [-0.4, -0.2) is 20.2 Å². The first kappa shape index (κ1) is 18.8. The Bertz CT molecular complexity index is 1290. The fourth-order valence-electron chi connectivity index (χ4n) is 3.31. The maximum Gasteiger partial charge on any atom is 0.267 e. The molecule has 0 aliphatic heterocycles. The number of nitrogen functional groups attached to an aromatic ring is 1. The maximum atomic E-state index is 13.0. The number of nitrogens with zero attached hydrogens (tertiary/aromatic N) is 3. The van der Waals surface area contributed by atoms with Crippen LogP contribution in [0.4, 0.5) is 5.82 Å². The summed E-state index contributed by atoms with van der Waals surface area (Å²) in [6.45, 7) is 5.85. The molecule has 0 bridgehead atoms.